The number of benzene rings is 3. The van der Waals surface area contributed by atoms with Gasteiger partial charge in [-0.2, -0.15) is 0 Å². The number of fused-ring (bicyclic) bond motifs is 3. The number of para-hydroxylation sites is 2. The van der Waals surface area contributed by atoms with E-state index < -0.39 is 0 Å². The Morgan fingerprint density at radius 1 is 1.03 bits per heavy atom. The number of hydrogen-bond acceptors (Lipinski definition) is 5. The van der Waals surface area contributed by atoms with Crippen molar-refractivity contribution in [1.82, 2.24) is 4.57 Å². The van der Waals surface area contributed by atoms with Crippen LogP contribution in [0.3, 0.4) is 0 Å². The van der Waals surface area contributed by atoms with Gasteiger partial charge in [-0.15, -0.1) is 0 Å². The van der Waals surface area contributed by atoms with Gasteiger partial charge in [-0.25, -0.2) is 4.99 Å². The van der Waals surface area contributed by atoms with Gasteiger partial charge in [0, 0.05) is 16.7 Å². The molecule has 4 aromatic rings. The number of phenolic OH excluding ortho intramolecular Hbond substituents is 1. The van der Waals surface area contributed by atoms with Crippen molar-refractivity contribution >= 4 is 23.1 Å². The summed E-state index contributed by atoms with van der Waals surface area (Å²) >= 11 is 1.35. The summed E-state index contributed by atoms with van der Waals surface area (Å²) in [7, 11) is 1.66. The first kappa shape index (κ1) is 20.7. The fraction of sp³-hybridized carbons (Fsp3) is 0.143. The van der Waals surface area contributed by atoms with Crippen molar-refractivity contribution in [2.75, 3.05) is 7.11 Å². The standard InChI is InChI=1S/C28H22N2O3S/c1-33-23-13-7-5-11-20(23)26-21-15-14-17-8-2-4-10-19(17)25(21)29-28-30(26)27(32)24(34-28)16-18-9-3-6-12-22(18)31/h2-13,16,26,31H,14-15H2,1H3/t26-/m0/s1. The van der Waals surface area contributed by atoms with Gasteiger partial charge >= 0.3 is 0 Å². The van der Waals surface area contributed by atoms with E-state index in [1.54, 1.807) is 36.0 Å². The zero-order valence-electron chi connectivity index (χ0n) is 18.6. The minimum atomic E-state index is -0.303. The van der Waals surface area contributed by atoms with Gasteiger partial charge in [-0.05, 0) is 42.2 Å². The average Bonchev–Trinajstić information content (AvgIpc) is 3.18. The van der Waals surface area contributed by atoms with Gasteiger partial charge in [-0.3, -0.25) is 9.36 Å². The number of rotatable bonds is 3. The third-order valence-electron chi connectivity index (χ3n) is 6.53. The summed E-state index contributed by atoms with van der Waals surface area (Å²) < 4.78 is 8.04. The molecule has 0 amide bonds. The molecule has 0 fully saturated rings. The molecule has 1 aliphatic heterocycles. The summed E-state index contributed by atoms with van der Waals surface area (Å²) in [4.78, 5) is 19.4. The quantitative estimate of drug-likeness (QED) is 0.496. The molecule has 2 aliphatic rings. The maximum atomic E-state index is 13.8. The van der Waals surface area contributed by atoms with Crippen molar-refractivity contribution in [3.05, 3.63) is 120 Å². The lowest BCUT2D eigenvalue weighted by molar-refractivity contribution is 0.402. The van der Waals surface area contributed by atoms with Crippen molar-refractivity contribution in [2.24, 2.45) is 4.99 Å². The molecule has 0 radical (unpaired) electrons. The fourth-order valence-electron chi connectivity index (χ4n) is 4.94. The van der Waals surface area contributed by atoms with Crippen LogP contribution in [0.1, 0.15) is 34.7 Å². The maximum absolute atomic E-state index is 13.8. The molecule has 0 saturated carbocycles. The normalized spacial score (nSPS) is 17.0. The highest BCUT2D eigenvalue weighted by atomic mass is 32.1. The molecule has 34 heavy (non-hydrogen) atoms. The number of methoxy groups -OCH3 is 1. The predicted molar refractivity (Wildman–Crippen MR) is 134 cm³/mol. The molecule has 1 atom stereocenters. The van der Waals surface area contributed by atoms with E-state index in [1.807, 2.05) is 36.4 Å². The van der Waals surface area contributed by atoms with Crippen LogP contribution >= 0.6 is 11.3 Å². The van der Waals surface area contributed by atoms with Crippen LogP contribution in [0.15, 0.2) is 88.2 Å². The highest BCUT2D eigenvalue weighted by molar-refractivity contribution is 7.07. The number of phenols is 1. The Labute approximate surface area is 200 Å². The molecule has 168 valence electrons. The summed E-state index contributed by atoms with van der Waals surface area (Å²) in [5.74, 6) is 0.887. The number of thiazole rings is 1. The van der Waals surface area contributed by atoms with Crippen LogP contribution in [0.25, 0.3) is 11.8 Å². The zero-order chi connectivity index (χ0) is 23.2. The van der Waals surface area contributed by atoms with Gasteiger partial charge in [0.05, 0.1) is 23.4 Å². The molecule has 1 N–H and O–H groups in total. The predicted octanol–water partition coefficient (Wildman–Crippen LogP) is 4.03. The SMILES string of the molecule is COc1ccccc1[C@H]1C2=C(N=c3sc(=Cc4ccccc4O)c(=O)n31)c1ccccc1CC2. The number of aromatic hydroxyl groups is 1. The van der Waals surface area contributed by atoms with E-state index in [9.17, 15) is 9.90 Å². The van der Waals surface area contributed by atoms with Gasteiger partial charge in [0.25, 0.3) is 5.56 Å². The Balaban J connectivity index is 1.66. The van der Waals surface area contributed by atoms with Crippen molar-refractivity contribution in [1.29, 1.82) is 0 Å². The lowest BCUT2D eigenvalue weighted by Crippen LogP contribution is -2.39. The topological polar surface area (TPSA) is 63.8 Å². The summed E-state index contributed by atoms with van der Waals surface area (Å²) in [5, 5.41) is 10.3. The molecule has 1 aliphatic carbocycles. The lowest BCUT2D eigenvalue weighted by atomic mass is 9.83. The van der Waals surface area contributed by atoms with Gasteiger partial charge in [0.2, 0.25) is 0 Å². The van der Waals surface area contributed by atoms with Gasteiger partial charge < -0.3 is 9.84 Å². The molecule has 0 unspecified atom stereocenters. The number of aromatic nitrogens is 1. The van der Waals surface area contributed by atoms with Crippen LogP contribution in [0.4, 0.5) is 0 Å². The monoisotopic (exact) mass is 466 g/mol. The zero-order valence-corrected chi connectivity index (χ0v) is 19.4. The largest absolute Gasteiger partial charge is 0.507 e. The van der Waals surface area contributed by atoms with Gasteiger partial charge in [0.1, 0.15) is 11.5 Å². The van der Waals surface area contributed by atoms with Crippen LogP contribution < -0.4 is 19.6 Å². The van der Waals surface area contributed by atoms with E-state index >= 15 is 0 Å². The molecular weight excluding hydrogens is 444 g/mol. The van der Waals surface area contributed by atoms with Crippen molar-refractivity contribution in [2.45, 2.75) is 18.9 Å². The van der Waals surface area contributed by atoms with E-state index in [0.717, 1.165) is 41.0 Å². The second-order valence-corrected chi connectivity index (χ2v) is 9.42. The van der Waals surface area contributed by atoms with Crippen LogP contribution in [-0.4, -0.2) is 16.8 Å². The summed E-state index contributed by atoms with van der Waals surface area (Å²) in [6.07, 6.45) is 3.47. The lowest BCUT2D eigenvalue weighted by Gasteiger charge is -2.31. The highest BCUT2D eigenvalue weighted by Crippen LogP contribution is 2.43. The van der Waals surface area contributed by atoms with Crippen LogP contribution in [0.2, 0.25) is 0 Å². The number of allylic oxidation sites excluding steroid dienone is 1. The molecule has 0 spiro atoms. The number of nitrogens with zero attached hydrogens (tertiary/aromatic N) is 2. The van der Waals surface area contributed by atoms with E-state index in [0.29, 0.717) is 14.9 Å². The Kier molecular flexibility index (Phi) is 4.96. The Hall–Kier alpha value is -3.90. The minimum Gasteiger partial charge on any atom is -0.507 e. The molecule has 1 aromatic heterocycles. The first-order valence-electron chi connectivity index (χ1n) is 11.2. The molecule has 3 aromatic carbocycles. The molecule has 6 rings (SSSR count). The molecule has 2 heterocycles. The van der Waals surface area contributed by atoms with E-state index in [4.69, 9.17) is 9.73 Å². The van der Waals surface area contributed by atoms with Crippen molar-refractivity contribution in [3.8, 4) is 11.5 Å². The second-order valence-electron chi connectivity index (χ2n) is 8.41. The minimum absolute atomic E-state index is 0.117. The summed E-state index contributed by atoms with van der Waals surface area (Å²) in [6, 6.07) is 23.0. The first-order valence-corrected chi connectivity index (χ1v) is 12.0. The number of aryl methyl sites for hydroxylation is 1. The second kappa shape index (κ2) is 8.15. The molecule has 0 bridgehead atoms. The van der Waals surface area contributed by atoms with E-state index in [2.05, 4.69) is 18.2 Å². The number of ether oxygens (including phenoxy) is 1. The molecule has 5 nitrogen and oxygen atoms in total. The highest BCUT2D eigenvalue weighted by Gasteiger charge is 2.33. The maximum Gasteiger partial charge on any atom is 0.271 e. The van der Waals surface area contributed by atoms with Crippen LogP contribution in [0.5, 0.6) is 11.5 Å². The third kappa shape index (κ3) is 3.22. The average molecular weight is 467 g/mol. The van der Waals surface area contributed by atoms with Crippen LogP contribution in [-0.2, 0) is 6.42 Å². The first-order chi connectivity index (χ1) is 16.7. The summed E-state index contributed by atoms with van der Waals surface area (Å²) in [5.41, 5.74) is 5.92. The smallest absolute Gasteiger partial charge is 0.271 e. The Morgan fingerprint density at radius 3 is 2.65 bits per heavy atom. The van der Waals surface area contributed by atoms with Gasteiger partial charge in [0.15, 0.2) is 4.80 Å². The molecule has 0 saturated heterocycles. The van der Waals surface area contributed by atoms with E-state index in [-0.39, 0.29) is 17.4 Å². The van der Waals surface area contributed by atoms with Crippen molar-refractivity contribution in [3.63, 3.8) is 0 Å². The van der Waals surface area contributed by atoms with E-state index in [1.165, 1.54) is 16.9 Å². The molecule has 6 heteroatoms. The molecular formula is C28H22N2O3S. The van der Waals surface area contributed by atoms with Crippen LogP contribution in [0, 0.1) is 0 Å². The van der Waals surface area contributed by atoms with Crippen molar-refractivity contribution < 1.29 is 9.84 Å². The van der Waals surface area contributed by atoms with Gasteiger partial charge in [-0.1, -0.05) is 72.0 Å². The summed E-state index contributed by atoms with van der Waals surface area (Å²) in [6.45, 7) is 0. The Bertz CT molecular complexity index is 1640. The Morgan fingerprint density at radius 2 is 1.79 bits per heavy atom. The fourth-order valence-corrected chi connectivity index (χ4v) is 5.93. The number of hydrogen-bond donors (Lipinski definition) is 1. The third-order valence-corrected chi connectivity index (χ3v) is 7.51.